The topological polar surface area (TPSA) is 64.3 Å². The van der Waals surface area contributed by atoms with Gasteiger partial charge in [0.2, 0.25) is 0 Å². The van der Waals surface area contributed by atoms with Gasteiger partial charge >= 0.3 is 18.3 Å². The minimum absolute atomic E-state index is 0.0385. The fourth-order valence-corrected chi connectivity index (χ4v) is 3.16. The number of aromatic nitrogens is 2. The number of ether oxygens (including phenoxy) is 1. The summed E-state index contributed by atoms with van der Waals surface area (Å²) in [5.41, 5.74) is -2.86. The van der Waals surface area contributed by atoms with Crippen LogP contribution in [-0.2, 0) is 17.5 Å². The van der Waals surface area contributed by atoms with E-state index in [2.05, 4.69) is 9.84 Å². The molecule has 0 spiro atoms. The molecule has 5 nitrogen and oxygen atoms in total. The molecule has 2 unspecified atom stereocenters. The van der Waals surface area contributed by atoms with Crippen molar-refractivity contribution in [1.82, 2.24) is 9.78 Å². The largest absolute Gasteiger partial charge is 0.477 e. The lowest BCUT2D eigenvalue weighted by Gasteiger charge is -2.21. The van der Waals surface area contributed by atoms with Crippen molar-refractivity contribution in [2.75, 3.05) is 6.61 Å². The molecular formula is C14H14F6N2O3. The number of hydrogen-bond acceptors (Lipinski definition) is 3. The quantitative estimate of drug-likeness (QED) is 0.823. The number of alkyl halides is 6. The number of halogens is 6. The van der Waals surface area contributed by atoms with E-state index in [1.165, 1.54) is 0 Å². The molecule has 0 aromatic carbocycles. The van der Waals surface area contributed by atoms with E-state index < -0.39 is 59.8 Å². The maximum Gasteiger partial charge on any atom is 0.420 e. The number of aromatic carboxylic acids is 1. The van der Waals surface area contributed by atoms with E-state index in [-0.39, 0.29) is 13.0 Å². The number of carboxylic acids is 1. The summed E-state index contributed by atoms with van der Waals surface area (Å²) in [7, 11) is 0. The summed E-state index contributed by atoms with van der Waals surface area (Å²) in [4.78, 5) is 11.4. The van der Waals surface area contributed by atoms with E-state index in [1.54, 1.807) is 0 Å². The summed E-state index contributed by atoms with van der Waals surface area (Å²) < 4.78 is 84.0. The normalized spacial score (nSPS) is 24.7. The molecule has 0 bridgehead atoms. The van der Waals surface area contributed by atoms with Gasteiger partial charge in [-0.3, -0.25) is 4.68 Å². The lowest BCUT2D eigenvalue weighted by molar-refractivity contribution is -0.217. The van der Waals surface area contributed by atoms with Gasteiger partial charge in [0.1, 0.15) is 5.56 Å². The molecule has 11 heteroatoms. The molecule has 1 aliphatic heterocycles. The molecule has 1 saturated heterocycles. The van der Waals surface area contributed by atoms with Crippen LogP contribution in [-0.4, -0.2) is 39.7 Å². The lowest BCUT2D eigenvalue weighted by atomic mass is 10.0. The Labute approximate surface area is 137 Å². The summed E-state index contributed by atoms with van der Waals surface area (Å²) in [6, 6.07) is 0. The molecule has 2 fully saturated rings. The van der Waals surface area contributed by atoms with E-state index in [1.807, 2.05) is 0 Å². The third-order valence-electron chi connectivity index (χ3n) is 4.37. The van der Waals surface area contributed by atoms with Crippen LogP contribution in [0.1, 0.15) is 46.9 Å². The molecule has 1 aromatic rings. The summed E-state index contributed by atoms with van der Waals surface area (Å²) in [6.45, 7) is -0.790. The Morgan fingerprint density at radius 2 is 1.84 bits per heavy atom. The molecule has 140 valence electrons. The zero-order chi connectivity index (χ0) is 18.6. The van der Waals surface area contributed by atoms with E-state index in [0.717, 1.165) is 0 Å². The second-order valence-electron chi connectivity index (χ2n) is 6.25. The van der Waals surface area contributed by atoms with Crippen LogP contribution in [0.4, 0.5) is 26.3 Å². The molecule has 1 saturated carbocycles. The molecule has 0 amide bonds. The summed E-state index contributed by atoms with van der Waals surface area (Å²) in [6.07, 6.45) is -10.9. The van der Waals surface area contributed by atoms with Crippen LogP contribution < -0.4 is 0 Å². The van der Waals surface area contributed by atoms with Gasteiger partial charge in [0.15, 0.2) is 11.8 Å². The SMILES string of the molecule is O=C(O)c1c(C(F)(F)F)c(C2CC2)nn1CC1CCOC1C(F)(F)F. The molecule has 2 aliphatic rings. The van der Waals surface area contributed by atoms with Gasteiger partial charge in [0.25, 0.3) is 0 Å². The highest BCUT2D eigenvalue weighted by Gasteiger charge is 2.50. The highest BCUT2D eigenvalue weighted by atomic mass is 19.4. The standard InChI is InChI=1S/C14H14F6N2O3/c15-13(16,17)8-9(6-1-2-6)21-22(10(8)12(23)24)5-7-3-4-25-11(7)14(18,19)20/h6-7,11H,1-5H2,(H,23,24). The minimum atomic E-state index is -4.94. The molecule has 2 atom stereocenters. The first kappa shape index (κ1) is 18.0. The predicted molar refractivity (Wildman–Crippen MR) is 70.1 cm³/mol. The van der Waals surface area contributed by atoms with Crippen LogP contribution >= 0.6 is 0 Å². The van der Waals surface area contributed by atoms with Gasteiger partial charge in [0.05, 0.1) is 5.69 Å². The van der Waals surface area contributed by atoms with Crippen molar-refractivity contribution >= 4 is 5.97 Å². The average molecular weight is 372 g/mol. The number of carboxylic acid groups (broad SMARTS) is 1. The second kappa shape index (κ2) is 5.89. The highest BCUT2D eigenvalue weighted by molar-refractivity contribution is 5.88. The molecule has 3 rings (SSSR count). The first-order chi connectivity index (χ1) is 11.5. The van der Waals surface area contributed by atoms with Crippen molar-refractivity contribution < 1.29 is 41.0 Å². The fourth-order valence-electron chi connectivity index (χ4n) is 3.16. The van der Waals surface area contributed by atoms with E-state index in [9.17, 15) is 36.2 Å². The Balaban J connectivity index is 2.00. The van der Waals surface area contributed by atoms with Gasteiger partial charge in [-0.25, -0.2) is 4.79 Å². The van der Waals surface area contributed by atoms with Crippen LogP contribution in [0.5, 0.6) is 0 Å². The number of nitrogens with zero attached hydrogens (tertiary/aromatic N) is 2. The predicted octanol–water partition coefficient (Wildman–Crippen LogP) is 3.44. The third-order valence-corrected chi connectivity index (χ3v) is 4.37. The van der Waals surface area contributed by atoms with E-state index in [4.69, 9.17) is 0 Å². The van der Waals surface area contributed by atoms with Gasteiger partial charge in [0, 0.05) is 25.0 Å². The van der Waals surface area contributed by atoms with Crippen molar-refractivity contribution in [3.8, 4) is 0 Å². The molecule has 2 heterocycles. The first-order valence-electron chi connectivity index (χ1n) is 7.59. The second-order valence-corrected chi connectivity index (χ2v) is 6.25. The van der Waals surface area contributed by atoms with E-state index in [0.29, 0.717) is 17.5 Å². The van der Waals surface area contributed by atoms with Crippen molar-refractivity contribution in [3.05, 3.63) is 17.0 Å². The Bertz CT molecular complexity index is 677. The van der Waals surface area contributed by atoms with Gasteiger partial charge in [-0.1, -0.05) is 0 Å². The number of rotatable bonds is 4. The Kier molecular flexibility index (Phi) is 4.25. The van der Waals surface area contributed by atoms with Crippen molar-refractivity contribution in [2.24, 2.45) is 5.92 Å². The number of hydrogen-bond donors (Lipinski definition) is 1. The fraction of sp³-hybridized carbons (Fsp3) is 0.714. The van der Waals surface area contributed by atoms with Gasteiger partial charge in [-0.15, -0.1) is 0 Å². The van der Waals surface area contributed by atoms with Gasteiger partial charge < -0.3 is 9.84 Å². The maximum absolute atomic E-state index is 13.3. The number of carbonyl (C=O) groups is 1. The smallest absolute Gasteiger partial charge is 0.420 e. The Morgan fingerprint density at radius 1 is 1.20 bits per heavy atom. The summed E-state index contributed by atoms with van der Waals surface area (Å²) in [5.74, 6) is -3.56. The van der Waals surface area contributed by atoms with Crippen LogP contribution in [0.25, 0.3) is 0 Å². The van der Waals surface area contributed by atoms with Crippen molar-refractivity contribution in [3.63, 3.8) is 0 Å². The van der Waals surface area contributed by atoms with Gasteiger partial charge in [-0.05, 0) is 19.3 Å². The van der Waals surface area contributed by atoms with Crippen LogP contribution in [0.2, 0.25) is 0 Å². The van der Waals surface area contributed by atoms with Crippen molar-refractivity contribution in [1.29, 1.82) is 0 Å². The first-order valence-corrected chi connectivity index (χ1v) is 7.59. The van der Waals surface area contributed by atoms with Crippen LogP contribution in [0.15, 0.2) is 0 Å². The lowest BCUT2D eigenvalue weighted by Crippen LogP contribution is -2.36. The molecule has 1 aliphatic carbocycles. The van der Waals surface area contributed by atoms with E-state index >= 15 is 0 Å². The van der Waals surface area contributed by atoms with Crippen molar-refractivity contribution in [2.45, 2.75) is 50.2 Å². The molecular weight excluding hydrogens is 358 g/mol. The average Bonchev–Trinajstić information content (AvgIpc) is 3.04. The summed E-state index contributed by atoms with van der Waals surface area (Å²) in [5, 5.41) is 12.9. The molecule has 25 heavy (non-hydrogen) atoms. The van der Waals surface area contributed by atoms with Crippen LogP contribution in [0, 0.1) is 5.92 Å². The summed E-state index contributed by atoms with van der Waals surface area (Å²) >= 11 is 0. The Hall–Kier alpha value is -1.78. The molecule has 1 aromatic heterocycles. The molecule has 0 radical (unpaired) electrons. The maximum atomic E-state index is 13.3. The van der Waals surface area contributed by atoms with Gasteiger partial charge in [-0.2, -0.15) is 31.4 Å². The Morgan fingerprint density at radius 3 is 2.32 bits per heavy atom. The minimum Gasteiger partial charge on any atom is -0.477 e. The zero-order valence-electron chi connectivity index (χ0n) is 12.7. The zero-order valence-corrected chi connectivity index (χ0v) is 12.7. The molecule has 1 N–H and O–H groups in total. The monoisotopic (exact) mass is 372 g/mol. The third kappa shape index (κ3) is 3.46. The highest BCUT2D eigenvalue weighted by Crippen LogP contribution is 2.47. The van der Waals surface area contributed by atoms with Crippen LogP contribution in [0.3, 0.4) is 0 Å².